The molecule has 1 aliphatic rings. The van der Waals surface area contributed by atoms with E-state index in [4.69, 9.17) is 9.47 Å². The van der Waals surface area contributed by atoms with Gasteiger partial charge in [-0.2, -0.15) is 0 Å². The van der Waals surface area contributed by atoms with Gasteiger partial charge in [-0.25, -0.2) is 4.79 Å². The molecule has 2 aromatic rings. The first-order valence-electron chi connectivity index (χ1n) is 6.86. The van der Waals surface area contributed by atoms with Crippen LogP contribution in [-0.4, -0.2) is 24.2 Å². The number of hydrogen-bond acceptors (Lipinski definition) is 7. The minimum Gasteiger partial charge on any atom is -0.493 e. The number of nitrogens with one attached hydrogen (secondary N) is 1. The second kappa shape index (κ2) is 7.42. The lowest BCUT2D eigenvalue weighted by atomic mass is 10.2. The number of ether oxygens (including phenoxy) is 2. The number of thioether (sulfide) groups is 1. The van der Waals surface area contributed by atoms with E-state index in [1.807, 2.05) is 0 Å². The van der Waals surface area contributed by atoms with Crippen LogP contribution in [0.5, 0.6) is 11.5 Å². The van der Waals surface area contributed by atoms with Crippen LogP contribution in [0.2, 0.25) is 0 Å². The van der Waals surface area contributed by atoms with Crippen molar-refractivity contribution in [2.75, 3.05) is 7.11 Å². The Labute approximate surface area is 159 Å². The third kappa shape index (κ3) is 3.94. The Hall–Kier alpha value is -2.10. The molecule has 0 unspecified atom stereocenters. The minimum atomic E-state index is -0.489. The molecule has 2 amide bonds. The van der Waals surface area contributed by atoms with Gasteiger partial charge in [0.1, 0.15) is 4.88 Å². The fraction of sp³-hybridized carbons (Fsp3) is 0.0625. The molecule has 0 saturated carbocycles. The fourth-order valence-corrected chi connectivity index (χ4v) is 3.85. The molecule has 3 rings (SSSR count). The Bertz CT molecular complexity index is 892. The van der Waals surface area contributed by atoms with E-state index in [0.29, 0.717) is 20.7 Å². The van der Waals surface area contributed by atoms with E-state index < -0.39 is 17.1 Å². The summed E-state index contributed by atoms with van der Waals surface area (Å²) in [4.78, 5) is 35.8. The largest absolute Gasteiger partial charge is 0.493 e. The van der Waals surface area contributed by atoms with Crippen molar-refractivity contribution in [1.29, 1.82) is 0 Å². The molecule has 1 aromatic carbocycles. The summed E-state index contributed by atoms with van der Waals surface area (Å²) in [5.41, 5.74) is 0.618. The van der Waals surface area contributed by atoms with Crippen molar-refractivity contribution in [3.05, 3.63) is 49.5 Å². The summed E-state index contributed by atoms with van der Waals surface area (Å²) in [7, 11) is 1.45. The second-order valence-electron chi connectivity index (χ2n) is 4.75. The number of hydrogen-bond donors (Lipinski definition) is 1. The average Bonchev–Trinajstić information content (AvgIpc) is 3.20. The lowest BCUT2D eigenvalue weighted by Gasteiger charge is -2.12. The van der Waals surface area contributed by atoms with E-state index in [1.165, 1.54) is 18.4 Å². The Morgan fingerprint density at radius 3 is 2.72 bits per heavy atom. The molecule has 128 valence electrons. The molecular weight excluding hydrogens is 430 g/mol. The SMILES string of the molecule is COc1cc(/C=C2/SC(=O)NC2=O)cc(Br)c1OC(=O)c1cccs1. The van der Waals surface area contributed by atoms with E-state index in [0.717, 1.165) is 11.8 Å². The van der Waals surface area contributed by atoms with Crippen LogP contribution in [0.4, 0.5) is 4.79 Å². The maximum absolute atomic E-state index is 12.1. The molecule has 1 N–H and O–H groups in total. The normalized spacial score (nSPS) is 15.4. The molecule has 1 saturated heterocycles. The standard InChI is InChI=1S/C16H10BrNO5S2/c1-22-10-6-8(7-12-14(19)18-16(21)25-12)5-9(17)13(10)23-15(20)11-3-2-4-24-11/h2-7H,1H3,(H,18,19,21)/b12-7+. The zero-order valence-electron chi connectivity index (χ0n) is 12.7. The Kier molecular flexibility index (Phi) is 5.26. The molecule has 0 bridgehead atoms. The molecule has 0 radical (unpaired) electrons. The van der Waals surface area contributed by atoms with Crippen molar-refractivity contribution in [3.8, 4) is 11.5 Å². The van der Waals surface area contributed by atoms with E-state index in [2.05, 4.69) is 21.2 Å². The molecule has 1 aliphatic heterocycles. The third-order valence-electron chi connectivity index (χ3n) is 3.11. The maximum atomic E-state index is 12.1. The Balaban J connectivity index is 1.91. The van der Waals surface area contributed by atoms with Gasteiger partial charge in [0.2, 0.25) is 0 Å². The molecule has 25 heavy (non-hydrogen) atoms. The third-order valence-corrected chi connectivity index (χ3v) is 5.36. The van der Waals surface area contributed by atoms with E-state index in [9.17, 15) is 14.4 Å². The van der Waals surface area contributed by atoms with E-state index in [-0.39, 0.29) is 10.7 Å². The van der Waals surface area contributed by atoms with Crippen LogP contribution in [0.3, 0.4) is 0 Å². The smallest absolute Gasteiger partial charge is 0.353 e. The van der Waals surface area contributed by atoms with Crippen LogP contribution >= 0.6 is 39.0 Å². The molecule has 0 aliphatic carbocycles. The number of halogens is 1. The van der Waals surface area contributed by atoms with Gasteiger partial charge in [0.05, 0.1) is 16.5 Å². The van der Waals surface area contributed by atoms with Crippen LogP contribution in [0.25, 0.3) is 6.08 Å². The van der Waals surface area contributed by atoms with Gasteiger partial charge in [0.25, 0.3) is 11.1 Å². The summed E-state index contributed by atoms with van der Waals surface area (Å²) in [6, 6.07) is 6.71. The van der Waals surface area contributed by atoms with Crippen molar-refractivity contribution in [2.45, 2.75) is 0 Å². The van der Waals surface area contributed by atoms with E-state index in [1.54, 1.807) is 35.7 Å². The van der Waals surface area contributed by atoms with Crippen molar-refractivity contribution in [1.82, 2.24) is 5.32 Å². The van der Waals surface area contributed by atoms with E-state index >= 15 is 0 Å². The molecule has 1 aromatic heterocycles. The topological polar surface area (TPSA) is 81.7 Å². The number of thiophene rings is 1. The van der Waals surface area contributed by atoms with Gasteiger partial charge in [-0.3, -0.25) is 14.9 Å². The van der Waals surface area contributed by atoms with Crippen LogP contribution in [0, 0.1) is 0 Å². The predicted molar refractivity (Wildman–Crippen MR) is 99.1 cm³/mol. The molecule has 2 heterocycles. The quantitative estimate of drug-likeness (QED) is 0.439. The van der Waals surface area contributed by atoms with Gasteiger partial charge in [0, 0.05) is 0 Å². The highest BCUT2D eigenvalue weighted by Crippen LogP contribution is 2.38. The van der Waals surface area contributed by atoms with Crippen molar-refractivity contribution in [2.24, 2.45) is 0 Å². The zero-order chi connectivity index (χ0) is 18.0. The van der Waals surface area contributed by atoms with Crippen molar-refractivity contribution >= 4 is 62.2 Å². The van der Waals surface area contributed by atoms with Crippen LogP contribution in [0.1, 0.15) is 15.2 Å². The first-order chi connectivity index (χ1) is 12.0. The summed E-state index contributed by atoms with van der Waals surface area (Å²) >= 11 is 5.45. The summed E-state index contributed by atoms with van der Waals surface area (Å²) in [6.07, 6.45) is 1.56. The molecule has 0 spiro atoms. The van der Waals surface area contributed by atoms with Gasteiger partial charge in [-0.15, -0.1) is 11.3 Å². The number of amides is 2. The number of carbonyl (C=O) groups excluding carboxylic acids is 3. The number of benzene rings is 1. The molecule has 9 heteroatoms. The monoisotopic (exact) mass is 439 g/mol. The number of rotatable bonds is 4. The lowest BCUT2D eigenvalue weighted by molar-refractivity contribution is -0.115. The second-order valence-corrected chi connectivity index (χ2v) is 7.57. The molecule has 1 fully saturated rings. The maximum Gasteiger partial charge on any atom is 0.353 e. The van der Waals surface area contributed by atoms with Crippen molar-refractivity contribution in [3.63, 3.8) is 0 Å². The fourth-order valence-electron chi connectivity index (χ4n) is 2.03. The van der Waals surface area contributed by atoms with Crippen molar-refractivity contribution < 1.29 is 23.9 Å². The minimum absolute atomic E-state index is 0.239. The molecule has 0 atom stereocenters. The van der Waals surface area contributed by atoms with Gasteiger partial charge in [-0.1, -0.05) is 6.07 Å². The number of methoxy groups -OCH3 is 1. The number of carbonyl (C=O) groups is 3. The first kappa shape index (κ1) is 17.7. The average molecular weight is 440 g/mol. The summed E-state index contributed by atoms with van der Waals surface area (Å²) < 4.78 is 11.2. The van der Waals surface area contributed by atoms with Crippen LogP contribution in [0.15, 0.2) is 39.0 Å². The van der Waals surface area contributed by atoms with Crippen LogP contribution in [-0.2, 0) is 4.79 Å². The van der Waals surface area contributed by atoms with Gasteiger partial charge < -0.3 is 9.47 Å². The zero-order valence-corrected chi connectivity index (χ0v) is 15.9. The molecule has 6 nitrogen and oxygen atoms in total. The Morgan fingerprint density at radius 1 is 1.32 bits per heavy atom. The highest BCUT2D eigenvalue weighted by atomic mass is 79.9. The number of imide groups is 1. The molecular formula is C16H10BrNO5S2. The highest BCUT2D eigenvalue weighted by Gasteiger charge is 2.25. The number of esters is 1. The van der Waals surface area contributed by atoms with Gasteiger partial charge in [0.15, 0.2) is 11.5 Å². The van der Waals surface area contributed by atoms with Gasteiger partial charge >= 0.3 is 5.97 Å². The lowest BCUT2D eigenvalue weighted by Crippen LogP contribution is -2.17. The highest BCUT2D eigenvalue weighted by molar-refractivity contribution is 9.10. The summed E-state index contributed by atoms with van der Waals surface area (Å²) in [5, 5.41) is 3.56. The van der Waals surface area contributed by atoms with Gasteiger partial charge in [-0.05, 0) is 62.9 Å². The first-order valence-corrected chi connectivity index (χ1v) is 9.35. The summed E-state index contributed by atoms with van der Waals surface area (Å²) in [6.45, 7) is 0. The predicted octanol–water partition coefficient (Wildman–Crippen LogP) is 4.06. The summed E-state index contributed by atoms with van der Waals surface area (Å²) in [5.74, 6) is -0.377. The Morgan fingerprint density at radius 2 is 2.12 bits per heavy atom. The van der Waals surface area contributed by atoms with Crippen LogP contribution < -0.4 is 14.8 Å².